The van der Waals surface area contributed by atoms with E-state index in [2.05, 4.69) is 59.2 Å². The number of hydrogen-bond donors (Lipinski definition) is 0. The predicted molar refractivity (Wildman–Crippen MR) is 158 cm³/mol. The van der Waals surface area contributed by atoms with E-state index in [0.717, 1.165) is 40.5 Å². The van der Waals surface area contributed by atoms with E-state index < -0.39 is 0 Å². The minimum absolute atomic E-state index is 0.286. The number of piperazine rings is 1. The van der Waals surface area contributed by atoms with E-state index in [1.54, 1.807) is 23.5 Å². The van der Waals surface area contributed by atoms with Gasteiger partial charge in [0, 0.05) is 55.1 Å². The Balaban J connectivity index is 0.00000247. The summed E-state index contributed by atoms with van der Waals surface area (Å²) in [6, 6.07) is 12.8. The summed E-state index contributed by atoms with van der Waals surface area (Å²) in [5.41, 5.74) is 4.43. The highest BCUT2D eigenvalue weighted by atomic mass is 32.1. The zero-order chi connectivity index (χ0) is 28.1. The number of halogens is 1. The minimum atomic E-state index is -0.286. The second-order valence-corrected chi connectivity index (χ2v) is 9.37. The van der Waals surface area contributed by atoms with E-state index in [9.17, 15) is 9.65 Å². The molecule has 1 aromatic carbocycles. The van der Waals surface area contributed by atoms with Crippen molar-refractivity contribution in [1.29, 1.82) is 5.26 Å². The first-order valence-corrected chi connectivity index (χ1v) is 12.9. The summed E-state index contributed by atoms with van der Waals surface area (Å²) in [4.78, 5) is 7.53. The molecule has 2 aromatic rings. The van der Waals surface area contributed by atoms with Crippen LogP contribution >= 0.6 is 11.3 Å². The van der Waals surface area contributed by atoms with Gasteiger partial charge in [0.25, 0.3) is 0 Å². The fourth-order valence-corrected chi connectivity index (χ4v) is 4.73. The number of terminal acetylenes is 2. The van der Waals surface area contributed by atoms with Gasteiger partial charge in [0.05, 0.1) is 17.0 Å². The maximum Gasteiger partial charge on any atom is 0.123 e. The van der Waals surface area contributed by atoms with Gasteiger partial charge in [-0.3, -0.25) is 0 Å². The predicted octanol–water partition coefficient (Wildman–Crippen LogP) is 6.63. The molecule has 0 aliphatic carbocycles. The lowest BCUT2D eigenvalue weighted by atomic mass is 10.1. The van der Waals surface area contributed by atoms with E-state index in [1.165, 1.54) is 12.1 Å². The number of nitriles is 1. The molecule has 0 amide bonds. The van der Waals surface area contributed by atoms with Gasteiger partial charge in [-0.05, 0) is 49.1 Å². The first-order chi connectivity index (χ1) is 18.4. The molecule has 0 radical (unpaired) electrons. The van der Waals surface area contributed by atoms with Crippen molar-refractivity contribution in [2.45, 2.75) is 20.4 Å². The maximum atomic E-state index is 13.4. The Bertz CT molecular complexity index is 1290. The number of allylic oxidation sites excluding steroid dienone is 4. The highest BCUT2D eigenvalue weighted by molar-refractivity contribution is 7.11. The summed E-state index contributed by atoms with van der Waals surface area (Å²) in [6.45, 7) is 15.8. The van der Waals surface area contributed by atoms with Crippen molar-refractivity contribution in [3.05, 3.63) is 112 Å². The summed E-state index contributed by atoms with van der Waals surface area (Å²) >= 11 is 1.68. The number of hydrogen-bond acceptors (Lipinski definition) is 5. The summed E-state index contributed by atoms with van der Waals surface area (Å²) in [7, 11) is 0. The van der Waals surface area contributed by atoms with Gasteiger partial charge in [0.15, 0.2) is 0 Å². The van der Waals surface area contributed by atoms with E-state index >= 15 is 0 Å². The summed E-state index contributed by atoms with van der Waals surface area (Å²) in [5.74, 6) is 2.39. The Morgan fingerprint density at radius 2 is 1.76 bits per heavy atom. The topological polar surface area (TPSA) is 33.5 Å². The molecule has 194 valence electrons. The van der Waals surface area contributed by atoms with Gasteiger partial charge in [-0.2, -0.15) is 5.26 Å². The SMILES string of the molecule is C#C.C#C/C(C)=C/C(=C(/C#N)C(=C)N(/C=C/C)Cc1ccc(F)cc1)N1CCN(C(=C)c2cccs2)CC1. The van der Waals surface area contributed by atoms with Crippen LogP contribution in [-0.2, 0) is 6.54 Å². The van der Waals surface area contributed by atoms with Crippen molar-refractivity contribution < 1.29 is 4.39 Å². The Hall–Kier alpha value is -4.44. The first kappa shape index (κ1) is 29.8. The second-order valence-electron chi connectivity index (χ2n) is 8.43. The fourth-order valence-electron chi connectivity index (χ4n) is 4.00. The molecule has 1 aliphatic rings. The lowest BCUT2D eigenvalue weighted by molar-refractivity contribution is 0.217. The number of nitrogens with zero attached hydrogens (tertiary/aromatic N) is 4. The van der Waals surface area contributed by atoms with Crippen molar-refractivity contribution in [3.8, 4) is 31.3 Å². The lowest BCUT2D eigenvalue weighted by Gasteiger charge is -2.39. The Kier molecular flexibility index (Phi) is 11.7. The van der Waals surface area contributed by atoms with Gasteiger partial charge in [-0.1, -0.05) is 43.4 Å². The van der Waals surface area contributed by atoms with Crippen molar-refractivity contribution >= 4 is 17.0 Å². The van der Waals surface area contributed by atoms with Crippen molar-refractivity contribution in [2.75, 3.05) is 26.2 Å². The van der Waals surface area contributed by atoms with Gasteiger partial charge in [-0.25, -0.2) is 4.39 Å². The third-order valence-electron chi connectivity index (χ3n) is 5.99. The third-order valence-corrected chi connectivity index (χ3v) is 6.91. The average molecular weight is 525 g/mol. The van der Waals surface area contributed by atoms with E-state index in [4.69, 9.17) is 6.42 Å². The molecular formula is C32H33FN4S. The van der Waals surface area contributed by atoms with Crippen LogP contribution in [0.25, 0.3) is 5.70 Å². The van der Waals surface area contributed by atoms with Crippen LogP contribution in [0, 0.1) is 42.3 Å². The van der Waals surface area contributed by atoms with Crippen LogP contribution in [0.4, 0.5) is 4.39 Å². The second kappa shape index (κ2) is 15.0. The van der Waals surface area contributed by atoms with Crippen LogP contribution in [0.2, 0.25) is 0 Å². The lowest BCUT2D eigenvalue weighted by Crippen LogP contribution is -2.44. The van der Waals surface area contributed by atoms with Gasteiger partial charge in [-0.15, -0.1) is 30.6 Å². The maximum absolute atomic E-state index is 13.4. The molecule has 4 nitrogen and oxygen atoms in total. The molecule has 3 rings (SSSR count). The van der Waals surface area contributed by atoms with Crippen LogP contribution in [-0.4, -0.2) is 40.9 Å². The van der Waals surface area contributed by atoms with Crippen LogP contribution in [0.3, 0.4) is 0 Å². The monoisotopic (exact) mass is 524 g/mol. The Labute approximate surface area is 231 Å². The molecule has 0 bridgehead atoms. The van der Waals surface area contributed by atoms with Crippen LogP contribution in [0.15, 0.2) is 95.8 Å². The van der Waals surface area contributed by atoms with Crippen molar-refractivity contribution in [1.82, 2.24) is 14.7 Å². The fraction of sp³-hybridized carbons (Fsp3) is 0.219. The zero-order valence-corrected chi connectivity index (χ0v) is 22.8. The molecular weight excluding hydrogens is 491 g/mol. The van der Waals surface area contributed by atoms with Crippen molar-refractivity contribution in [3.63, 3.8) is 0 Å². The zero-order valence-electron chi connectivity index (χ0n) is 22.0. The largest absolute Gasteiger partial charge is 0.367 e. The number of rotatable bonds is 9. The van der Waals surface area contributed by atoms with Gasteiger partial charge < -0.3 is 14.7 Å². The smallest absolute Gasteiger partial charge is 0.123 e. The molecule has 0 unspecified atom stereocenters. The standard InChI is InChI=1S/C30H31FN4S.C2H2/c1-6-14-35(22-26-10-12-27(31)13-11-26)24(4)28(21-32)29(20-23(3)7-2)34-17-15-33(16-18-34)25(5)30-9-8-19-36-30;1-2/h2,6,8-14,19-20H,4-5,15-18,22H2,1,3H3;1-2H/b14-6+,23-20+,29-28+;. The summed E-state index contributed by atoms with van der Waals surface area (Å²) in [6.07, 6.45) is 19.3. The molecule has 6 heteroatoms. The van der Waals surface area contributed by atoms with E-state index in [0.29, 0.717) is 30.9 Å². The van der Waals surface area contributed by atoms with Gasteiger partial charge in [0.1, 0.15) is 11.9 Å². The molecule has 2 heterocycles. The Morgan fingerprint density at radius 3 is 2.29 bits per heavy atom. The molecule has 1 fully saturated rings. The molecule has 0 N–H and O–H groups in total. The normalized spacial score (nSPS) is 14.0. The van der Waals surface area contributed by atoms with E-state index in [-0.39, 0.29) is 5.82 Å². The third kappa shape index (κ3) is 7.78. The number of benzene rings is 1. The summed E-state index contributed by atoms with van der Waals surface area (Å²) in [5, 5.41) is 12.3. The Morgan fingerprint density at radius 1 is 1.13 bits per heavy atom. The molecule has 0 saturated carbocycles. The molecule has 0 spiro atoms. The van der Waals surface area contributed by atoms with E-state index in [1.807, 2.05) is 43.2 Å². The van der Waals surface area contributed by atoms with Crippen LogP contribution in [0.5, 0.6) is 0 Å². The molecule has 1 aromatic heterocycles. The highest BCUT2D eigenvalue weighted by Crippen LogP contribution is 2.28. The minimum Gasteiger partial charge on any atom is -0.367 e. The quantitative estimate of drug-likeness (QED) is 0.209. The first-order valence-electron chi connectivity index (χ1n) is 12.1. The molecule has 1 saturated heterocycles. The van der Waals surface area contributed by atoms with Gasteiger partial charge in [0.2, 0.25) is 0 Å². The van der Waals surface area contributed by atoms with Crippen LogP contribution in [0.1, 0.15) is 24.3 Å². The number of thiophene rings is 1. The average Bonchev–Trinajstić information content (AvgIpc) is 3.49. The molecule has 1 aliphatic heterocycles. The van der Waals surface area contributed by atoms with Crippen LogP contribution < -0.4 is 0 Å². The highest BCUT2D eigenvalue weighted by Gasteiger charge is 2.24. The van der Waals surface area contributed by atoms with Crippen molar-refractivity contribution in [2.24, 2.45) is 0 Å². The van der Waals surface area contributed by atoms with Gasteiger partial charge >= 0.3 is 0 Å². The molecule has 0 atom stereocenters. The summed E-state index contributed by atoms with van der Waals surface area (Å²) < 4.78 is 13.4. The molecule has 38 heavy (non-hydrogen) atoms.